The molecule has 126 valence electrons. The first kappa shape index (κ1) is 17.1. The Bertz CT molecular complexity index is 390. The zero-order chi connectivity index (χ0) is 16.0. The smallest absolute Gasteiger partial charge is 0.410 e. The summed E-state index contributed by atoms with van der Waals surface area (Å²) in [5, 5.41) is 3.49. The van der Waals surface area contributed by atoms with Crippen LogP contribution in [0.5, 0.6) is 0 Å². The van der Waals surface area contributed by atoms with E-state index in [1.807, 2.05) is 25.7 Å². The van der Waals surface area contributed by atoms with Gasteiger partial charge in [-0.05, 0) is 65.0 Å². The van der Waals surface area contributed by atoms with Gasteiger partial charge in [0.05, 0.1) is 6.26 Å². The van der Waals surface area contributed by atoms with Crippen LogP contribution in [0.3, 0.4) is 0 Å². The van der Waals surface area contributed by atoms with E-state index in [4.69, 9.17) is 9.47 Å². The third-order valence-electron chi connectivity index (χ3n) is 4.00. The molecule has 1 N–H and O–H groups in total. The number of hydrogen-bond donors (Lipinski definition) is 1. The summed E-state index contributed by atoms with van der Waals surface area (Å²) in [6.45, 7) is 9.14. The number of nitrogens with one attached hydrogen (secondary N) is 1. The van der Waals surface area contributed by atoms with Crippen LogP contribution in [0, 0.1) is 5.92 Å². The third kappa shape index (κ3) is 5.87. The van der Waals surface area contributed by atoms with Gasteiger partial charge < -0.3 is 19.7 Å². The van der Waals surface area contributed by atoms with E-state index in [-0.39, 0.29) is 12.2 Å². The van der Waals surface area contributed by atoms with Gasteiger partial charge >= 0.3 is 6.09 Å². The van der Waals surface area contributed by atoms with E-state index in [0.29, 0.717) is 5.92 Å². The molecule has 2 aliphatic heterocycles. The second kappa shape index (κ2) is 7.86. The van der Waals surface area contributed by atoms with Gasteiger partial charge in [-0.1, -0.05) is 0 Å². The van der Waals surface area contributed by atoms with E-state index >= 15 is 0 Å². The normalized spacial score (nSPS) is 25.7. The van der Waals surface area contributed by atoms with Gasteiger partial charge in [0.2, 0.25) is 0 Å². The quantitative estimate of drug-likeness (QED) is 0.867. The van der Waals surface area contributed by atoms with Crippen molar-refractivity contribution in [3.63, 3.8) is 0 Å². The van der Waals surface area contributed by atoms with Gasteiger partial charge in [-0.2, -0.15) is 0 Å². The van der Waals surface area contributed by atoms with Crippen molar-refractivity contribution in [1.82, 2.24) is 10.2 Å². The van der Waals surface area contributed by atoms with E-state index in [0.717, 1.165) is 51.9 Å². The molecule has 5 nitrogen and oxygen atoms in total. The minimum atomic E-state index is -0.423. The van der Waals surface area contributed by atoms with Gasteiger partial charge in [0, 0.05) is 19.6 Å². The van der Waals surface area contributed by atoms with Crippen molar-refractivity contribution in [2.24, 2.45) is 5.92 Å². The summed E-state index contributed by atoms with van der Waals surface area (Å²) in [5.41, 5.74) is -0.423. The summed E-state index contributed by atoms with van der Waals surface area (Å²) in [6.07, 6.45) is 8.37. The Labute approximate surface area is 134 Å². The molecule has 2 atom stereocenters. The highest BCUT2D eigenvalue weighted by Gasteiger charge is 2.27. The minimum Gasteiger partial charge on any atom is -0.497 e. The maximum atomic E-state index is 12.1. The highest BCUT2D eigenvalue weighted by molar-refractivity contribution is 5.68. The van der Waals surface area contributed by atoms with E-state index in [9.17, 15) is 4.79 Å². The number of piperidine rings is 1. The molecule has 0 aromatic carbocycles. The Morgan fingerprint density at radius 1 is 1.36 bits per heavy atom. The highest BCUT2D eigenvalue weighted by Crippen LogP contribution is 2.19. The Balaban J connectivity index is 1.69. The molecule has 1 saturated heterocycles. The van der Waals surface area contributed by atoms with Crippen LogP contribution in [0.1, 0.15) is 46.5 Å². The molecule has 0 radical (unpaired) electrons. The third-order valence-corrected chi connectivity index (χ3v) is 4.00. The Morgan fingerprint density at radius 2 is 2.18 bits per heavy atom. The number of allylic oxidation sites excluding steroid dienone is 1. The second-order valence-electron chi connectivity index (χ2n) is 7.30. The molecular formula is C17H30N2O3. The fraction of sp³-hybridized carbons (Fsp3) is 0.824. The first-order valence-corrected chi connectivity index (χ1v) is 8.43. The van der Waals surface area contributed by atoms with Crippen molar-refractivity contribution in [2.75, 3.05) is 26.2 Å². The molecule has 22 heavy (non-hydrogen) atoms. The van der Waals surface area contributed by atoms with Crippen LogP contribution in [0.4, 0.5) is 4.79 Å². The molecule has 0 aromatic heterocycles. The van der Waals surface area contributed by atoms with E-state index in [2.05, 4.69) is 11.4 Å². The fourth-order valence-electron chi connectivity index (χ4n) is 2.91. The van der Waals surface area contributed by atoms with Gasteiger partial charge in [0.1, 0.15) is 11.7 Å². The van der Waals surface area contributed by atoms with E-state index in [1.54, 1.807) is 6.26 Å². The van der Waals surface area contributed by atoms with Gasteiger partial charge in [-0.25, -0.2) is 4.79 Å². The molecule has 1 amide bonds. The molecular weight excluding hydrogens is 280 g/mol. The second-order valence-corrected chi connectivity index (χ2v) is 7.30. The number of carbonyl (C=O) groups is 1. The van der Waals surface area contributed by atoms with Crippen LogP contribution in [0.25, 0.3) is 0 Å². The monoisotopic (exact) mass is 310 g/mol. The lowest BCUT2D eigenvalue weighted by molar-refractivity contribution is 0.0164. The zero-order valence-electron chi connectivity index (χ0n) is 14.1. The Morgan fingerprint density at radius 3 is 2.86 bits per heavy atom. The van der Waals surface area contributed by atoms with Gasteiger partial charge in [-0.15, -0.1) is 0 Å². The lowest BCUT2D eigenvalue weighted by atomic mass is 9.98. The molecule has 2 heterocycles. The molecule has 2 rings (SSSR count). The number of amides is 1. The first-order chi connectivity index (χ1) is 10.4. The minimum absolute atomic E-state index is 0.182. The average Bonchev–Trinajstić information content (AvgIpc) is 2.47. The largest absolute Gasteiger partial charge is 0.497 e. The van der Waals surface area contributed by atoms with Gasteiger partial charge in [-0.3, -0.25) is 0 Å². The molecule has 2 aliphatic rings. The zero-order valence-corrected chi connectivity index (χ0v) is 14.1. The van der Waals surface area contributed by atoms with E-state index < -0.39 is 5.60 Å². The lowest BCUT2D eigenvalue weighted by Gasteiger charge is -2.34. The highest BCUT2D eigenvalue weighted by atomic mass is 16.6. The summed E-state index contributed by atoms with van der Waals surface area (Å²) in [7, 11) is 0. The van der Waals surface area contributed by atoms with Crippen LogP contribution in [0.15, 0.2) is 12.3 Å². The topological polar surface area (TPSA) is 50.8 Å². The lowest BCUT2D eigenvalue weighted by Crippen LogP contribution is -2.45. The SMILES string of the molecule is CC(C)(C)OC(=O)N1CCCC(CNCC2CCC=CO2)C1. The van der Waals surface area contributed by atoms with Gasteiger partial charge in [0.15, 0.2) is 0 Å². The number of ether oxygens (including phenoxy) is 2. The molecule has 1 fully saturated rings. The molecule has 0 bridgehead atoms. The number of nitrogens with zero attached hydrogens (tertiary/aromatic N) is 1. The predicted molar refractivity (Wildman–Crippen MR) is 86.6 cm³/mol. The summed E-state index contributed by atoms with van der Waals surface area (Å²) in [6, 6.07) is 0. The molecule has 2 unspecified atom stereocenters. The van der Waals surface area contributed by atoms with Crippen LogP contribution in [-0.2, 0) is 9.47 Å². The maximum Gasteiger partial charge on any atom is 0.410 e. The van der Waals surface area contributed by atoms with Crippen LogP contribution in [-0.4, -0.2) is 48.9 Å². The molecule has 0 spiro atoms. The first-order valence-electron chi connectivity index (χ1n) is 8.43. The maximum absolute atomic E-state index is 12.1. The molecule has 0 aliphatic carbocycles. The van der Waals surface area contributed by atoms with Gasteiger partial charge in [0.25, 0.3) is 0 Å². The van der Waals surface area contributed by atoms with Crippen LogP contribution < -0.4 is 5.32 Å². The van der Waals surface area contributed by atoms with Crippen molar-refractivity contribution >= 4 is 6.09 Å². The molecule has 0 aromatic rings. The number of carbonyl (C=O) groups excluding carboxylic acids is 1. The van der Waals surface area contributed by atoms with Crippen LogP contribution in [0.2, 0.25) is 0 Å². The predicted octanol–water partition coefficient (Wildman–Crippen LogP) is 2.92. The van der Waals surface area contributed by atoms with Crippen molar-refractivity contribution < 1.29 is 14.3 Å². The van der Waals surface area contributed by atoms with Crippen molar-refractivity contribution in [2.45, 2.75) is 58.2 Å². The number of hydrogen-bond acceptors (Lipinski definition) is 4. The number of rotatable bonds is 4. The average molecular weight is 310 g/mol. The van der Waals surface area contributed by atoms with E-state index in [1.165, 1.54) is 0 Å². The Hall–Kier alpha value is -1.23. The standard InChI is InChI=1S/C17H30N2O3/c1-17(2,3)22-16(20)19-9-6-7-14(13-19)11-18-12-15-8-4-5-10-21-15/h5,10,14-15,18H,4,6-9,11-13H2,1-3H3. The number of likely N-dealkylation sites (tertiary alicyclic amines) is 1. The van der Waals surface area contributed by atoms with Crippen molar-refractivity contribution in [3.05, 3.63) is 12.3 Å². The summed E-state index contributed by atoms with van der Waals surface area (Å²) < 4.78 is 11.0. The molecule has 0 saturated carbocycles. The van der Waals surface area contributed by atoms with Crippen molar-refractivity contribution in [1.29, 1.82) is 0 Å². The summed E-state index contributed by atoms with van der Waals surface area (Å²) in [4.78, 5) is 14.0. The molecule has 5 heteroatoms. The summed E-state index contributed by atoms with van der Waals surface area (Å²) >= 11 is 0. The summed E-state index contributed by atoms with van der Waals surface area (Å²) in [5.74, 6) is 0.500. The van der Waals surface area contributed by atoms with Crippen molar-refractivity contribution in [3.8, 4) is 0 Å². The van der Waals surface area contributed by atoms with Crippen LogP contribution >= 0.6 is 0 Å². The fourth-order valence-corrected chi connectivity index (χ4v) is 2.91. The Kier molecular flexibility index (Phi) is 6.12.